The monoisotopic (exact) mass is 294 g/mol. The molecule has 0 aromatic carbocycles. The van der Waals surface area contributed by atoms with Crippen molar-refractivity contribution in [2.24, 2.45) is 5.73 Å². The lowest BCUT2D eigenvalue weighted by Crippen LogP contribution is -2.07. The van der Waals surface area contributed by atoms with Crippen LogP contribution in [0.5, 0.6) is 0 Å². The number of hydrogen-bond donors (Lipinski definition) is 1. The molecule has 2 N–H and O–H groups in total. The largest absolute Gasteiger partial charge is 0.326 e. The molecule has 4 nitrogen and oxygen atoms in total. The number of pyridine rings is 1. The molecule has 5 heteroatoms. The molecule has 0 aliphatic rings. The summed E-state index contributed by atoms with van der Waals surface area (Å²) in [5.41, 5.74) is 7.75. The standard InChI is InChI=1S/C12H15BrN4/c1-8(2)11-3-4-17(16-11)12-9(6-14)5-10(13)7-15-12/h3-5,7-8H,6,14H2,1-2H3. The van der Waals surface area contributed by atoms with E-state index in [1.54, 1.807) is 10.9 Å². The second kappa shape index (κ2) is 4.98. The number of rotatable bonds is 3. The van der Waals surface area contributed by atoms with Gasteiger partial charge in [-0.3, -0.25) is 0 Å². The first-order chi connectivity index (χ1) is 8.11. The fraction of sp³-hybridized carbons (Fsp3) is 0.333. The number of aromatic nitrogens is 3. The van der Waals surface area contributed by atoms with E-state index in [1.807, 2.05) is 18.3 Å². The third-order valence-electron chi connectivity index (χ3n) is 2.55. The minimum Gasteiger partial charge on any atom is -0.326 e. The first-order valence-corrected chi connectivity index (χ1v) is 6.31. The lowest BCUT2D eigenvalue weighted by Gasteiger charge is -2.07. The Kier molecular flexibility index (Phi) is 3.59. The molecule has 2 rings (SSSR count). The van der Waals surface area contributed by atoms with Gasteiger partial charge in [-0.25, -0.2) is 9.67 Å². The predicted molar refractivity (Wildman–Crippen MR) is 71.0 cm³/mol. The van der Waals surface area contributed by atoms with E-state index < -0.39 is 0 Å². The summed E-state index contributed by atoms with van der Waals surface area (Å²) in [6, 6.07) is 3.98. The van der Waals surface area contributed by atoms with Crippen LogP contribution in [0.3, 0.4) is 0 Å². The number of hydrogen-bond acceptors (Lipinski definition) is 3. The Balaban J connectivity index is 2.44. The number of nitrogens with zero attached hydrogens (tertiary/aromatic N) is 3. The minimum atomic E-state index is 0.410. The van der Waals surface area contributed by atoms with Crippen molar-refractivity contribution in [3.05, 3.63) is 40.3 Å². The average molecular weight is 295 g/mol. The average Bonchev–Trinajstić information content (AvgIpc) is 2.78. The molecular formula is C12H15BrN4. The van der Waals surface area contributed by atoms with Crippen molar-refractivity contribution in [2.45, 2.75) is 26.3 Å². The highest BCUT2D eigenvalue weighted by Crippen LogP contribution is 2.18. The van der Waals surface area contributed by atoms with Gasteiger partial charge in [-0.05, 0) is 34.0 Å². The van der Waals surface area contributed by atoms with Gasteiger partial charge >= 0.3 is 0 Å². The fourth-order valence-corrected chi connectivity index (χ4v) is 1.97. The second-order valence-electron chi connectivity index (χ2n) is 4.18. The van der Waals surface area contributed by atoms with Crippen LogP contribution in [0.4, 0.5) is 0 Å². The number of halogens is 1. The molecule has 90 valence electrons. The van der Waals surface area contributed by atoms with Crippen molar-refractivity contribution in [1.82, 2.24) is 14.8 Å². The van der Waals surface area contributed by atoms with Crippen LogP contribution in [0.25, 0.3) is 5.82 Å². The van der Waals surface area contributed by atoms with Crippen LogP contribution in [-0.4, -0.2) is 14.8 Å². The molecule has 2 heterocycles. The van der Waals surface area contributed by atoms with Gasteiger partial charge in [0.1, 0.15) is 0 Å². The molecular weight excluding hydrogens is 280 g/mol. The summed E-state index contributed by atoms with van der Waals surface area (Å²) < 4.78 is 2.71. The van der Waals surface area contributed by atoms with Crippen LogP contribution in [0.2, 0.25) is 0 Å². The third kappa shape index (κ3) is 2.56. The summed E-state index contributed by atoms with van der Waals surface area (Å²) in [5, 5.41) is 4.50. The molecule has 0 saturated carbocycles. The van der Waals surface area contributed by atoms with Gasteiger partial charge in [-0.15, -0.1) is 0 Å². The molecule has 0 radical (unpaired) electrons. The van der Waals surface area contributed by atoms with Gasteiger partial charge in [0.05, 0.1) is 5.69 Å². The van der Waals surface area contributed by atoms with E-state index >= 15 is 0 Å². The predicted octanol–water partition coefficient (Wildman–Crippen LogP) is 2.61. The molecule has 0 bridgehead atoms. The van der Waals surface area contributed by atoms with Crippen molar-refractivity contribution >= 4 is 15.9 Å². The van der Waals surface area contributed by atoms with Crippen molar-refractivity contribution in [3.63, 3.8) is 0 Å². The van der Waals surface area contributed by atoms with Crippen LogP contribution in [0.15, 0.2) is 29.0 Å². The molecule has 0 aliphatic carbocycles. The Morgan fingerprint density at radius 3 is 2.82 bits per heavy atom. The van der Waals surface area contributed by atoms with E-state index in [0.717, 1.165) is 21.5 Å². The fourth-order valence-electron chi connectivity index (χ4n) is 1.59. The summed E-state index contributed by atoms with van der Waals surface area (Å²) in [7, 11) is 0. The van der Waals surface area contributed by atoms with E-state index in [0.29, 0.717) is 12.5 Å². The second-order valence-corrected chi connectivity index (χ2v) is 5.10. The Bertz CT molecular complexity index is 519. The Morgan fingerprint density at radius 2 is 2.24 bits per heavy atom. The quantitative estimate of drug-likeness (QED) is 0.947. The minimum absolute atomic E-state index is 0.410. The first-order valence-electron chi connectivity index (χ1n) is 5.52. The highest BCUT2D eigenvalue weighted by atomic mass is 79.9. The molecule has 0 amide bonds. The van der Waals surface area contributed by atoms with Crippen LogP contribution < -0.4 is 5.73 Å². The molecule has 0 atom stereocenters. The Hall–Kier alpha value is -1.20. The zero-order valence-corrected chi connectivity index (χ0v) is 11.5. The van der Waals surface area contributed by atoms with Gasteiger partial charge in [0.2, 0.25) is 0 Å². The Morgan fingerprint density at radius 1 is 1.47 bits per heavy atom. The van der Waals surface area contributed by atoms with Gasteiger partial charge in [-0.1, -0.05) is 13.8 Å². The molecule has 0 unspecified atom stereocenters. The summed E-state index contributed by atoms with van der Waals surface area (Å²) in [5.74, 6) is 1.20. The number of nitrogens with two attached hydrogens (primary N) is 1. The summed E-state index contributed by atoms with van der Waals surface area (Å²) >= 11 is 3.39. The maximum Gasteiger partial charge on any atom is 0.157 e. The van der Waals surface area contributed by atoms with E-state index in [2.05, 4.69) is 39.9 Å². The van der Waals surface area contributed by atoms with Crippen LogP contribution in [-0.2, 0) is 6.54 Å². The molecule has 0 saturated heterocycles. The third-order valence-corrected chi connectivity index (χ3v) is 2.98. The molecule has 17 heavy (non-hydrogen) atoms. The topological polar surface area (TPSA) is 56.7 Å². The Labute approximate surface area is 109 Å². The zero-order chi connectivity index (χ0) is 12.4. The van der Waals surface area contributed by atoms with Gasteiger partial charge in [0.25, 0.3) is 0 Å². The van der Waals surface area contributed by atoms with Crippen molar-refractivity contribution in [2.75, 3.05) is 0 Å². The van der Waals surface area contributed by atoms with Crippen LogP contribution in [0, 0.1) is 0 Å². The highest BCUT2D eigenvalue weighted by molar-refractivity contribution is 9.10. The lowest BCUT2D eigenvalue weighted by atomic mass is 10.1. The smallest absolute Gasteiger partial charge is 0.157 e. The van der Waals surface area contributed by atoms with E-state index in [-0.39, 0.29) is 0 Å². The van der Waals surface area contributed by atoms with Gasteiger partial charge in [-0.2, -0.15) is 5.10 Å². The lowest BCUT2D eigenvalue weighted by molar-refractivity contribution is 0.750. The summed E-state index contributed by atoms with van der Waals surface area (Å²) in [4.78, 5) is 4.37. The van der Waals surface area contributed by atoms with Crippen molar-refractivity contribution in [1.29, 1.82) is 0 Å². The van der Waals surface area contributed by atoms with Crippen LogP contribution in [0.1, 0.15) is 31.0 Å². The molecule has 2 aromatic heterocycles. The first kappa shape index (κ1) is 12.3. The highest BCUT2D eigenvalue weighted by Gasteiger charge is 2.09. The summed E-state index contributed by atoms with van der Waals surface area (Å²) in [6.45, 7) is 4.68. The van der Waals surface area contributed by atoms with Crippen molar-refractivity contribution in [3.8, 4) is 5.82 Å². The maximum atomic E-state index is 5.72. The molecule has 0 spiro atoms. The molecule has 0 fully saturated rings. The van der Waals surface area contributed by atoms with E-state index in [9.17, 15) is 0 Å². The SMILES string of the molecule is CC(C)c1ccn(-c2ncc(Br)cc2CN)n1. The maximum absolute atomic E-state index is 5.72. The summed E-state index contributed by atoms with van der Waals surface area (Å²) in [6.07, 6.45) is 3.68. The van der Waals surface area contributed by atoms with Gasteiger partial charge < -0.3 is 5.73 Å². The molecule has 0 aliphatic heterocycles. The van der Waals surface area contributed by atoms with Crippen LogP contribution >= 0.6 is 15.9 Å². The van der Waals surface area contributed by atoms with E-state index in [4.69, 9.17) is 5.73 Å². The van der Waals surface area contributed by atoms with Gasteiger partial charge in [0.15, 0.2) is 5.82 Å². The van der Waals surface area contributed by atoms with E-state index in [1.165, 1.54) is 0 Å². The van der Waals surface area contributed by atoms with Crippen molar-refractivity contribution < 1.29 is 0 Å². The van der Waals surface area contributed by atoms with Gasteiger partial charge in [0, 0.05) is 29.0 Å². The zero-order valence-electron chi connectivity index (χ0n) is 9.89. The molecule has 2 aromatic rings. The normalized spacial score (nSPS) is 11.1.